The van der Waals surface area contributed by atoms with E-state index in [1.807, 2.05) is 79.7 Å². The lowest BCUT2D eigenvalue weighted by Crippen LogP contribution is -2.58. The van der Waals surface area contributed by atoms with E-state index in [9.17, 15) is 47.9 Å². The molecule has 4 aromatic rings. The SMILES string of the molecule is CC(C)C[C@H]1C(=O)NCC[C@H](NC(=O)c2ccc3ccccc3n2)C(=O)N(C)[C@@H](CC(C)C)C(=O)N(C)CC(=O)N(C)[C@@H](CC(C)C)C(=O)NCC[C@H](NC(=O)c2ccc3ccccc3n2)C(=O)N(C)[C@@H](CC(C)C)C(=O)N(C)CC(=O)N1C. The molecular formula is C62H88N12O10. The van der Waals surface area contributed by atoms with Gasteiger partial charge in [-0.05, 0) is 86.5 Å². The van der Waals surface area contributed by atoms with Gasteiger partial charge >= 0.3 is 0 Å². The van der Waals surface area contributed by atoms with Crippen molar-refractivity contribution in [3.8, 4) is 0 Å². The van der Waals surface area contributed by atoms with Crippen molar-refractivity contribution >= 4 is 80.9 Å². The minimum Gasteiger partial charge on any atom is -0.354 e. The number of rotatable bonds is 12. The Morgan fingerprint density at radius 2 is 0.774 bits per heavy atom. The quantitative estimate of drug-likeness (QED) is 0.156. The number of likely N-dealkylation sites (N-methyl/N-ethyl adjacent to an activating group) is 6. The van der Waals surface area contributed by atoms with E-state index in [2.05, 4.69) is 31.2 Å². The van der Waals surface area contributed by atoms with E-state index in [1.54, 1.807) is 36.4 Å². The van der Waals surface area contributed by atoms with E-state index in [0.717, 1.165) is 10.8 Å². The third-order valence-corrected chi connectivity index (χ3v) is 15.1. The summed E-state index contributed by atoms with van der Waals surface area (Å²) in [5.74, 6) is -6.61. The summed E-state index contributed by atoms with van der Waals surface area (Å²) in [5.41, 5.74) is 1.14. The normalized spacial score (nSPS) is 21.6. The van der Waals surface area contributed by atoms with Gasteiger partial charge in [-0.25, -0.2) is 9.97 Å². The summed E-state index contributed by atoms with van der Waals surface area (Å²) in [6.07, 6.45) is 0.415. The first-order chi connectivity index (χ1) is 39.6. The van der Waals surface area contributed by atoms with Crippen LogP contribution in [0.3, 0.4) is 0 Å². The van der Waals surface area contributed by atoms with E-state index in [0.29, 0.717) is 11.0 Å². The topological polar surface area (TPSA) is 264 Å². The largest absolute Gasteiger partial charge is 0.354 e. The van der Waals surface area contributed by atoms with Gasteiger partial charge in [-0.3, -0.25) is 47.9 Å². The molecule has 0 radical (unpaired) electrons. The first-order valence-electron chi connectivity index (χ1n) is 29.0. The van der Waals surface area contributed by atoms with Gasteiger partial charge in [0.05, 0.1) is 24.1 Å². The Morgan fingerprint density at radius 1 is 0.452 bits per heavy atom. The number of carbonyl (C=O) groups is 10. The van der Waals surface area contributed by atoms with Crippen molar-refractivity contribution in [3.05, 3.63) is 84.2 Å². The zero-order valence-electron chi connectivity index (χ0n) is 51.4. The molecule has 0 bridgehead atoms. The Kier molecular flexibility index (Phi) is 24.2. The highest BCUT2D eigenvalue weighted by atomic mass is 16.2. The highest BCUT2D eigenvalue weighted by Gasteiger charge is 2.39. The van der Waals surface area contributed by atoms with Crippen molar-refractivity contribution in [2.75, 3.05) is 68.5 Å². The maximum Gasteiger partial charge on any atom is 0.270 e. The van der Waals surface area contributed by atoms with Crippen molar-refractivity contribution < 1.29 is 47.9 Å². The Balaban J connectivity index is 1.55. The lowest BCUT2D eigenvalue weighted by molar-refractivity contribution is -0.149. The van der Waals surface area contributed by atoms with Crippen molar-refractivity contribution in [1.82, 2.24) is 60.6 Å². The zero-order chi connectivity index (χ0) is 62.3. The smallest absolute Gasteiger partial charge is 0.270 e. The molecule has 5 rings (SSSR count). The van der Waals surface area contributed by atoms with Crippen LogP contribution in [0.5, 0.6) is 0 Å². The first-order valence-corrected chi connectivity index (χ1v) is 29.0. The minimum atomic E-state index is -1.32. The van der Waals surface area contributed by atoms with E-state index in [1.165, 1.54) is 83.8 Å². The average molecular weight is 1160 g/mol. The number of fused-ring (bicyclic) bond motifs is 2. The predicted molar refractivity (Wildman–Crippen MR) is 321 cm³/mol. The third kappa shape index (κ3) is 18.0. The lowest BCUT2D eigenvalue weighted by atomic mass is 9.99. The Hall–Kier alpha value is -8.04. The molecule has 1 aliphatic heterocycles. The zero-order valence-corrected chi connectivity index (χ0v) is 51.4. The summed E-state index contributed by atoms with van der Waals surface area (Å²) in [7, 11) is 8.66. The van der Waals surface area contributed by atoms with Gasteiger partial charge in [0.15, 0.2) is 0 Å². The molecule has 84 heavy (non-hydrogen) atoms. The molecule has 1 fully saturated rings. The number of hydrogen-bond acceptors (Lipinski definition) is 12. The molecule has 10 amide bonds. The lowest BCUT2D eigenvalue weighted by Gasteiger charge is -2.36. The molecule has 0 aliphatic carbocycles. The van der Waals surface area contributed by atoms with Crippen LogP contribution in [0.1, 0.15) is 115 Å². The summed E-state index contributed by atoms with van der Waals surface area (Å²) in [6.45, 7) is 13.7. The van der Waals surface area contributed by atoms with Gasteiger partial charge < -0.3 is 50.7 Å². The van der Waals surface area contributed by atoms with Crippen LogP contribution in [0.4, 0.5) is 0 Å². The van der Waals surface area contributed by atoms with Gasteiger partial charge in [0.1, 0.15) is 47.6 Å². The van der Waals surface area contributed by atoms with Crippen LogP contribution < -0.4 is 21.3 Å². The fraction of sp³-hybridized carbons (Fsp3) is 0.548. The molecule has 2 aromatic carbocycles. The molecule has 0 saturated carbocycles. The number of para-hydroxylation sites is 2. The molecule has 2 aromatic heterocycles. The van der Waals surface area contributed by atoms with Crippen molar-refractivity contribution in [2.24, 2.45) is 23.7 Å². The molecule has 6 atom stereocenters. The highest BCUT2D eigenvalue weighted by Crippen LogP contribution is 2.21. The Labute approximate surface area is 494 Å². The second-order valence-electron chi connectivity index (χ2n) is 23.9. The summed E-state index contributed by atoms with van der Waals surface area (Å²) in [4.78, 5) is 161. The van der Waals surface area contributed by atoms with Crippen LogP contribution in [0, 0.1) is 23.7 Å². The number of pyridine rings is 2. The number of amides is 10. The molecule has 4 N–H and O–H groups in total. The van der Waals surface area contributed by atoms with E-state index < -0.39 is 108 Å². The molecule has 1 aliphatic rings. The summed E-state index contributed by atoms with van der Waals surface area (Å²) < 4.78 is 0. The minimum absolute atomic E-state index is 0.0228. The molecule has 456 valence electrons. The molecule has 3 heterocycles. The number of nitrogens with one attached hydrogen (secondary N) is 4. The molecule has 1 saturated heterocycles. The van der Waals surface area contributed by atoms with Crippen LogP contribution in [0.15, 0.2) is 72.8 Å². The van der Waals surface area contributed by atoms with E-state index in [4.69, 9.17) is 0 Å². The number of hydrogen-bond donors (Lipinski definition) is 4. The summed E-state index contributed by atoms with van der Waals surface area (Å²) in [5, 5.41) is 12.9. The molecule has 0 unspecified atom stereocenters. The van der Waals surface area contributed by atoms with Crippen LogP contribution in [-0.4, -0.2) is 203 Å². The van der Waals surface area contributed by atoms with Gasteiger partial charge in [0, 0.05) is 66.1 Å². The van der Waals surface area contributed by atoms with E-state index >= 15 is 0 Å². The number of aromatic nitrogens is 2. The van der Waals surface area contributed by atoms with Gasteiger partial charge in [0.25, 0.3) is 11.8 Å². The Morgan fingerprint density at radius 3 is 1.11 bits per heavy atom. The van der Waals surface area contributed by atoms with Crippen LogP contribution >= 0.6 is 0 Å². The van der Waals surface area contributed by atoms with Crippen molar-refractivity contribution in [2.45, 2.75) is 130 Å². The number of nitrogens with zero attached hydrogens (tertiary/aromatic N) is 8. The maximum atomic E-state index is 14.9. The van der Waals surface area contributed by atoms with Gasteiger partial charge in [0.2, 0.25) is 47.3 Å². The van der Waals surface area contributed by atoms with Crippen molar-refractivity contribution in [3.63, 3.8) is 0 Å². The standard InChI is InChI=1S/C62H88N12O10/c1-37(2)31-49-57(79)63-29-27-47(67-55(77)45-25-23-41-19-15-17-21-43(41)65-45)59(81)74(14)52(34-40(7)8)62(84)70(10)36-54(76)72(12)50(32-38(3)4)58(80)64-30-28-48(68-56(78)46-26-24-42-20-16-18-22-44(42)66-46)60(82)73(13)51(33-39(5)6)61(83)69(9)35-53(75)71(49)11/h15-26,37-40,47-52H,27-36H2,1-14H3,(H,63,79)(H,64,80)(H,67,77)(H,68,78)/t47-,48-,49-,50-,51-,52-/m0/s1. The van der Waals surface area contributed by atoms with Crippen LogP contribution in [-0.2, 0) is 38.4 Å². The van der Waals surface area contributed by atoms with Gasteiger partial charge in [-0.1, -0.05) is 104 Å². The number of carbonyl (C=O) groups excluding carboxylic acids is 10. The van der Waals surface area contributed by atoms with Crippen LogP contribution in [0.25, 0.3) is 21.8 Å². The first kappa shape index (κ1) is 66.8. The number of benzene rings is 2. The second kappa shape index (κ2) is 30.5. The summed E-state index contributed by atoms with van der Waals surface area (Å²) >= 11 is 0. The monoisotopic (exact) mass is 1160 g/mol. The third-order valence-electron chi connectivity index (χ3n) is 15.1. The van der Waals surface area contributed by atoms with Crippen molar-refractivity contribution in [1.29, 1.82) is 0 Å². The molecular weight excluding hydrogens is 1070 g/mol. The Bertz CT molecular complexity index is 2820. The fourth-order valence-electron chi connectivity index (χ4n) is 10.2. The van der Waals surface area contributed by atoms with Gasteiger partial charge in [-0.15, -0.1) is 0 Å². The summed E-state index contributed by atoms with van der Waals surface area (Å²) in [6, 6.07) is 13.9. The maximum absolute atomic E-state index is 14.9. The molecule has 22 nitrogen and oxygen atoms in total. The predicted octanol–water partition coefficient (Wildman–Crippen LogP) is 4.12. The highest BCUT2D eigenvalue weighted by molar-refractivity contribution is 6.01. The van der Waals surface area contributed by atoms with Gasteiger partial charge in [-0.2, -0.15) is 0 Å². The second-order valence-corrected chi connectivity index (χ2v) is 23.9. The molecule has 22 heteroatoms. The fourth-order valence-corrected chi connectivity index (χ4v) is 10.2. The average Bonchev–Trinajstić information content (AvgIpc) is 3.49. The molecule has 0 spiro atoms. The van der Waals surface area contributed by atoms with E-state index in [-0.39, 0.29) is 86.7 Å². The van der Waals surface area contributed by atoms with Crippen LogP contribution in [0.2, 0.25) is 0 Å².